The molecule has 2 aliphatic rings. The maximum absolute atomic E-state index is 14.0. The summed E-state index contributed by atoms with van der Waals surface area (Å²) in [5.74, 6) is -4.81. The molecule has 0 amide bonds. The van der Waals surface area contributed by atoms with Gasteiger partial charge in [-0.15, -0.1) is 0 Å². The summed E-state index contributed by atoms with van der Waals surface area (Å²) in [6.45, 7) is 20.5. The van der Waals surface area contributed by atoms with E-state index in [2.05, 4.69) is 26.3 Å². The lowest BCUT2D eigenvalue weighted by atomic mass is 9.96. The molecule has 0 saturated carbocycles. The van der Waals surface area contributed by atoms with E-state index in [1.54, 1.807) is 24.3 Å². The lowest BCUT2D eigenvalue weighted by Gasteiger charge is -2.48. The summed E-state index contributed by atoms with van der Waals surface area (Å²) >= 11 is 0. The van der Waals surface area contributed by atoms with E-state index in [0.29, 0.717) is 22.8 Å². The third-order valence-corrected chi connectivity index (χ3v) is 9.97. The Labute approximate surface area is 416 Å². The van der Waals surface area contributed by atoms with Crippen molar-refractivity contribution in [1.82, 2.24) is 0 Å². The number of esters is 6. The van der Waals surface area contributed by atoms with Crippen LogP contribution in [0, 0.1) is 0 Å². The second-order valence-corrected chi connectivity index (χ2v) is 15.7. The maximum atomic E-state index is 14.0. The minimum absolute atomic E-state index is 0.0734. The molecule has 0 radical (unpaired) electrons. The van der Waals surface area contributed by atoms with Gasteiger partial charge in [0.2, 0.25) is 0 Å². The fourth-order valence-corrected chi connectivity index (χ4v) is 7.14. The Morgan fingerprint density at radius 1 is 0.542 bits per heavy atom. The van der Waals surface area contributed by atoms with Crippen LogP contribution in [0.2, 0.25) is 0 Å². The van der Waals surface area contributed by atoms with Crippen molar-refractivity contribution in [3.8, 4) is 23.0 Å². The molecule has 72 heavy (non-hydrogen) atoms. The minimum atomic E-state index is -1.80. The topological polar surface area (TPSA) is 249 Å². The largest absolute Gasteiger partial charge is 0.486 e. The third kappa shape index (κ3) is 17.2. The van der Waals surface area contributed by atoms with Crippen molar-refractivity contribution in [1.29, 1.82) is 0 Å². The van der Waals surface area contributed by atoms with Crippen molar-refractivity contribution in [3.63, 3.8) is 0 Å². The summed E-state index contributed by atoms with van der Waals surface area (Å²) in [7, 11) is 0. The van der Waals surface area contributed by atoms with Crippen LogP contribution in [0.3, 0.4) is 0 Å². The van der Waals surface area contributed by atoms with E-state index < -0.39 is 116 Å². The monoisotopic (exact) mass is 1010 g/mol. The van der Waals surface area contributed by atoms with Gasteiger partial charge in [0.15, 0.2) is 71.9 Å². The normalized spacial score (nSPS) is 23.5. The fraction of sp³-hybridized carbons (Fsp3) is 0.431. The molecule has 21 nitrogen and oxygen atoms in total. The van der Waals surface area contributed by atoms with Gasteiger partial charge in [-0.1, -0.05) is 56.7 Å². The van der Waals surface area contributed by atoms with Gasteiger partial charge >= 0.3 is 35.8 Å². The number of hydrogen-bond donors (Lipinski definition) is 0. The second-order valence-electron chi connectivity index (χ2n) is 15.7. The number of carbonyl (C=O) groups excluding carboxylic acids is 7. The van der Waals surface area contributed by atoms with Gasteiger partial charge in [0.1, 0.15) is 51.8 Å². The van der Waals surface area contributed by atoms with Gasteiger partial charge in [-0.25, -0.2) is 4.79 Å². The zero-order valence-electron chi connectivity index (χ0n) is 40.8. The van der Waals surface area contributed by atoms with E-state index in [0.717, 1.165) is 40.7 Å². The van der Waals surface area contributed by atoms with Crippen LogP contribution in [-0.4, -0.2) is 143 Å². The SMILES string of the molecule is C=CCOc1ccc(/C=C/C(=O)O[C@H]2[C@H](O[C@@H]3O[C@@H](C)[C@H](OC(C)=O)[C@@H](OC(C)=O)[C@H]3OC(C)=O)[C@@H](OC(C)=O)[C@H](OCC(=O)c3ccc(OCC=C)c(OCC=C)c3)O[C@@H]2COC(C)=O)cc1OCC=C. The Morgan fingerprint density at radius 2 is 1.04 bits per heavy atom. The van der Waals surface area contributed by atoms with Crippen LogP contribution in [0.15, 0.2) is 93.1 Å². The number of hydrogen-bond acceptors (Lipinski definition) is 21. The molecule has 2 fully saturated rings. The van der Waals surface area contributed by atoms with Crippen LogP contribution in [0.1, 0.15) is 57.5 Å². The van der Waals surface area contributed by atoms with E-state index in [1.807, 2.05) is 0 Å². The molecular formula is C51H60O21. The van der Waals surface area contributed by atoms with Gasteiger partial charge in [-0.05, 0) is 48.9 Å². The van der Waals surface area contributed by atoms with E-state index in [4.69, 9.17) is 66.3 Å². The first-order valence-corrected chi connectivity index (χ1v) is 22.4. The summed E-state index contributed by atoms with van der Waals surface area (Å²) in [5, 5.41) is 0. The third-order valence-electron chi connectivity index (χ3n) is 9.97. The predicted octanol–water partition coefficient (Wildman–Crippen LogP) is 4.92. The lowest BCUT2D eigenvalue weighted by Crippen LogP contribution is -2.66. The highest BCUT2D eigenvalue weighted by molar-refractivity contribution is 5.97. The lowest BCUT2D eigenvalue weighted by molar-refractivity contribution is -0.358. The van der Waals surface area contributed by atoms with Gasteiger partial charge in [0, 0.05) is 46.3 Å². The van der Waals surface area contributed by atoms with Crippen LogP contribution >= 0.6 is 0 Å². The molecule has 0 aliphatic carbocycles. The highest BCUT2D eigenvalue weighted by Crippen LogP contribution is 2.36. The van der Waals surface area contributed by atoms with Crippen molar-refractivity contribution in [2.75, 3.05) is 39.6 Å². The Bertz CT molecular complexity index is 2300. The summed E-state index contributed by atoms with van der Waals surface area (Å²) in [4.78, 5) is 90.7. The van der Waals surface area contributed by atoms with Crippen LogP contribution in [0.25, 0.3) is 6.08 Å². The van der Waals surface area contributed by atoms with E-state index in [9.17, 15) is 33.6 Å². The molecule has 0 bridgehead atoms. The molecule has 0 unspecified atom stereocenters. The van der Waals surface area contributed by atoms with E-state index in [1.165, 1.54) is 49.4 Å². The molecule has 390 valence electrons. The fourth-order valence-electron chi connectivity index (χ4n) is 7.14. The van der Waals surface area contributed by atoms with Crippen molar-refractivity contribution in [2.45, 2.75) is 103 Å². The summed E-state index contributed by atoms with van der Waals surface area (Å²) in [6, 6.07) is 9.19. The van der Waals surface area contributed by atoms with E-state index in [-0.39, 0.29) is 37.7 Å². The Hall–Kier alpha value is -7.33. The van der Waals surface area contributed by atoms with Crippen LogP contribution in [0.4, 0.5) is 0 Å². The molecule has 0 aromatic heterocycles. The van der Waals surface area contributed by atoms with Gasteiger partial charge in [-0.2, -0.15) is 0 Å². The van der Waals surface area contributed by atoms with Gasteiger partial charge in [0.05, 0.1) is 6.10 Å². The summed E-state index contributed by atoms with van der Waals surface area (Å²) < 4.78 is 81.6. The average Bonchev–Trinajstić information content (AvgIpc) is 3.32. The predicted molar refractivity (Wildman–Crippen MR) is 252 cm³/mol. The first-order chi connectivity index (χ1) is 34.4. The number of benzene rings is 2. The first kappa shape index (κ1) is 57.3. The van der Waals surface area contributed by atoms with Crippen LogP contribution in [0.5, 0.6) is 23.0 Å². The quantitative estimate of drug-likeness (QED) is 0.0379. The molecule has 0 spiro atoms. The molecule has 2 saturated heterocycles. The molecule has 2 aromatic rings. The highest BCUT2D eigenvalue weighted by Gasteiger charge is 2.57. The standard InChI is InChI=1S/C51H60O21/c1-11-21-59-38-18-15-35(25-40(38)61-23-13-3)16-20-43(58)71-45-42(28-63-30(6)52)70-50(64-27-37(57)36-17-19-39(60-22-12-2)41(26-36)62-24-14-4)48(68-33(9)55)47(45)72-51-49(69-34(10)56)46(67-32(8)54)44(29(5)65-51)66-31(7)53/h11-20,25-26,29,42,44-51H,1-4,21-24,27-28H2,5-10H3/b20-16+/t29-,42+,44-,45+,46+,47-,48+,49+,50+,51-/m0/s1. The maximum Gasteiger partial charge on any atom is 0.331 e. The smallest absolute Gasteiger partial charge is 0.331 e. The van der Waals surface area contributed by atoms with Crippen molar-refractivity contribution in [3.05, 3.63) is 104 Å². The van der Waals surface area contributed by atoms with Crippen LogP contribution < -0.4 is 18.9 Å². The minimum Gasteiger partial charge on any atom is -0.486 e. The van der Waals surface area contributed by atoms with Crippen molar-refractivity contribution >= 4 is 47.7 Å². The molecular weight excluding hydrogens is 949 g/mol. The molecule has 4 rings (SSSR count). The Balaban J connectivity index is 1.83. The zero-order valence-corrected chi connectivity index (χ0v) is 40.8. The number of rotatable bonds is 27. The zero-order chi connectivity index (χ0) is 52.9. The number of ether oxygens (including phenoxy) is 14. The molecule has 21 heteroatoms. The Morgan fingerprint density at radius 3 is 1.58 bits per heavy atom. The molecule has 0 N–H and O–H groups in total. The highest BCUT2D eigenvalue weighted by atomic mass is 16.8. The first-order valence-electron chi connectivity index (χ1n) is 22.4. The second kappa shape index (κ2) is 28.5. The number of Topliss-reactive ketones (excluding diaryl/α,β-unsaturated/α-hetero) is 1. The van der Waals surface area contributed by atoms with Crippen molar-refractivity contribution in [2.24, 2.45) is 0 Å². The van der Waals surface area contributed by atoms with Gasteiger partial charge in [0.25, 0.3) is 0 Å². The van der Waals surface area contributed by atoms with Gasteiger partial charge in [-0.3, -0.25) is 28.8 Å². The van der Waals surface area contributed by atoms with Gasteiger partial charge < -0.3 is 66.3 Å². The number of ketones is 1. The average molecular weight is 1010 g/mol. The molecule has 2 heterocycles. The van der Waals surface area contributed by atoms with E-state index >= 15 is 0 Å². The summed E-state index contributed by atoms with van der Waals surface area (Å²) in [5.41, 5.74) is 0.539. The van der Waals surface area contributed by atoms with Crippen molar-refractivity contribution < 1.29 is 99.9 Å². The van der Waals surface area contributed by atoms with Crippen LogP contribution in [-0.2, 0) is 76.1 Å². The molecule has 2 aliphatic heterocycles. The number of carbonyl (C=O) groups is 7. The molecule has 2 aromatic carbocycles. The Kier molecular flexibility index (Phi) is 22.7. The molecule has 10 atom stereocenters. The summed E-state index contributed by atoms with van der Waals surface area (Å²) in [6.07, 6.45) is -7.69.